The van der Waals surface area contributed by atoms with Gasteiger partial charge in [0.15, 0.2) is 0 Å². The van der Waals surface area contributed by atoms with Crippen LogP contribution >= 0.6 is 23.2 Å². The molecule has 0 unspecified atom stereocenters. The van der Waals surface area contributed by atoms with Crippen LogP contribution < -0.4 is 19.1 Å². The van der Waals surface area contributed by atoms with Gasteiger partial charge in [0, 0.05) is 25.1 Å². The molecular formula is C37H39Cl2N3O6S. The fraction of sp³-hybridized carbons (Fsp3) is 0.297. The third-order valence-corrected chi connectivity index (χ3v) is 11.1. The van der Waals surface area contributed by atoms with Crippen molar-refractivity contribution in [1.29, 1.82) is 0 Å². The number of carbonyl (C=O) groups is 2. The first kappa shape index (κ1) is 36.0. The van der Waals surface area contributed by atoms with Gasteiger partial charge in [0.2, 0.25) is 11.8 Å². The van der Waals surface area contributed by atoms with Crippen LogP contribution in [-0.2, 0) is 32.6 Å². The molecule has 0 spiro atoms. The highest BCUT2D eigenvalue weighted by Crippen LogP contribution is 2.36. The summed E-state index contributed by atoms with van der Waals surface area (Å²) in [7, 11) is -1.46. The summed E-state index contributed by atoms with van der Waals surface area (Å²) in [6, 6.07) is 26.0. The summed E-state index contributed by atoms with van der Waals surface area (Å²) in [5.41, 5.74) is 1.55. The summed E-state index contributed by atoms with van der Waals surface area (Å²) in [6.07, 6.45) is 3.91. The first-order valence-corrected chi connectivity index (χ1v) is 18.2. The Balaban J connectivity index is 1.62. The number of carbonyl (C=O) groups excluding carboxylic acids is 2. The van der Waals surface area contributed by atoms with Crippen molar-refractivity contribution in [2.75, 3.05) is 25.1 Å². The van der Waals surface area contributed by atoms with Crippen molar-refractivity contribution < 1.29 is 27.5 Å². The third kappa shape index (κ3) is 8.86. The second-order valence-electron chi connectivity index (χ2n) is 11.8. The van der Waals surface area contributed by atoms with Gasteiger partial charge in [-0.3, -0.25) is 13.9 Å². The van der Waals surface area contributed by atoms with E-state index in [9.17, 15) is 18.0 Å². The minimum Gasteiger partial charge on any atom is -0.497 e. The lowest BCUT2D eigenvalue weighted by Crippen LogP contribution is -2.54. The highest BCUT2D eigenvalue weighted by molar-refractivity contribution is 7.92. The molecule has 49 heavy (non-hydrogen) atoms. The summed E-state index contributed by atoms with van der Waals surface area (Å²) in [5.74, 6) is -0.357. The number of halogens is 2. The molecule has 1 aliphatic carbocycles. The Morgan fingerprint density at radius 3 is 2.14 bits per heavy atom. The molecule has 0 bridgehead atoms. The predicted octanol–water partition coefficient (Wildman–Crippen LogP) is 6.90. The van der Waals surface area contributed by atoms with Gasteiger partial charge in [0.25, 0.3) is 10.0 Å². The number of hydrogen-bond acceptors (Lipinski definition) is 6. The van der Waals surface area contributed by atoms with E-state index in [4.69, 9.17) is 32.7 Å². The van der Waals surface area contributed by atoms with Gasteiger partial charge in [-0.1, -0.05) is 90.6 Å². The quantitative estimate of drug-likeness (QED) is 0.152. The molecule has 12 heteroatoms. The highest BCUT2D eigenvalue weighted by atomic mass is 35.5. The Morgan fingerprint density at radius 1 is 0.837 bits per heavy atom. The molecule has 9 nitrogen and oxygen atoms in total. The Morgan fingerprint density at radius 2 is 1.51 bits per heavy atom. The van der Waals surface area contributed by atoms with Gasteiger partial charge in [-0.25, -0.2) is 8.42 Å². The molecular weight excluding hydrogens is 685 g/mol. The zero-order valence-corrected chi connectivity index (χ0v) is 29.7. The smallest absolute Gasteiger partial charge is 0.264 e. The molecule has 0 radical (unpaired) electrons. The van der Waals surface area contributed by atoms with E-state index in [0.29, 0.717) is 16.3 Å². The van der Waals surface area contributed by atoms with Gasteiger partial charge < -0.3 is 19.7 Å². The number of ether oxygens (including phenoxy) is 2. The van der Waals surface area contributed by atoms with Crippen molar-refractivity contribution in [3.63, 3.8) is 0 Å². The van der Waals surface area contributed by atoms with E-state index in [1.807, 2.05) is 30.3 Å². The van der Waals surface area contributed by atoms with Gasteiger partial charge in [-0.05, 0) is 60.4 Å². The SMILES string of the molecule is COc1ccc(OC)c(N(CC(=O)N(Cc2ccc(Cl)c(Cl)c2)[C@@H](Cc2ccccc2)C(=O)NC2CCCC2)S(=O)(=O)c2ccccc2)c1. The molecule has 1 N–H and O–H groups in total. The van der Waals surface area contributed by atoms with Crippen LogP contribution in [-0.4, -0.2) is 58.0 Å². The molecule has 4 aromatic rings. The second kappa shape index (κ2) is 16.4. The van der Waals surface area contributed by atoms with Gasteiger partial charge in [-0.15, -0.1) is 0 Å². The predicted molar refractivity (Wildman–Crippen MR) is 192 cm³/mol. The van der Waals surface area contributed by atoms with E-state index < -0.39 is 28.5 Å². The average Bonchev–Trinajstić information content (AvgIpc) is 3.63. The van der Waals surface area contributed by atoms with Crippen LogP contribution in [0.4, 0.5) is 5.69 Å². The van der Waals surface area contributed by atoms with Crippen molar-refractivity contribution in [3.05, 3.63) is 118 Å². The van der Waals surface area contributed by atoms with Crippen molar-refractivity contribution >= 4 is 50.7 Å². The minimum absolute atomic E-state index is 0.0105. The molecule has 4 aromatic carbocycles. The highest BCUT2D eigenvalue weighted by Gasteiger charge is 2.36. The van der Waals surface area contributed by atoms with Crippen LogP contribution in [0, 0.1) is 0 Å². The normalized spacial score (nSPS) is 13.8. The molecule has 0 aromatic heterocycles. The molecule has 0 heterocycles. The van der Waals surface area contributed by atoms with Crippen LogP contribution in [0.3, 0.4) is 0 Å². The maximum absolute atomic E-state index is 14.8. The summed E-state index contributed by atoms with van der Waals surface area (Å²) < 4.78 is 40.8. The Bertz CT molecular complexity index is 1850. The van der Waals surface area contributed by atoms with Crippen LogP contribution in [0.2, 0.25) is 10.0 Å². The molecule has 5 rings (SSSR count). The zero-order valence-electron chi connectivity index (χ0n) is 27.4. The summed E-state index contributed by atoms with van der Waals surface area (Å²) in [5, 5.41) is 3.80. The lowest BCUT2D eigenvalue weighted by Gasteiger charge is -2.34. The van der Waals surface area contributed by atoms with E-state index in [2.05, 4.69) is 5.32 Å². The van der Waals surface area contributed by atoms with Gasteiger partial charge in [-0.2, -0.15) is 0 Å². The molecule has 1 aliphatic rings. The summed E-state index contributed by atoms with van der Waals surface area (Å²) in [6.45, 7) is -0.691. The topological polar surface area (TPSA) is 105 Å². The standard InChI is InChI=1S/C37H39Cl2N3O6S/c1-47-29-18-20-35(48-2)33(23-29)42(49(45,46)30-15-7-4-8-16-30)25-36(43)41(24-27-17-19-31(38)32(39)21-27)34(22-26-11-5-3-6-12-26)37(44)40-28-13-9-10-14-28/h3-8,11-12,15-21,23,28,34H,9-10,13-14,22,24-25H2,1-2H3,(H,40,44)/t34-/m0/s1. The Kier molecular flexibility index (Phi) is 12.1. The number of nitrogens with zero attached hydrogens (tertiary/aromatic N) is 2. The van der Waals surface area contributed by atoms with Crippen LogP contribution in [0.5, 0.6) is 11.5 Å². The number of anilines is 1. The van der Waals surface area contributed by atoms with E-state index in [1.165, 1.54) is 37.3 Å². The van der Waals surface area contributed by atoms with E-state index in [-0.39, 0.29) is 46.3 Å². The zero-order chi connectivity index (χ0) is 35.0. The minimum atomic E-state index is -4.34. The number of amides is 2. The van der Waals surface area contributed by atoms with Crippen LogP contribution in [0.25, 0.3) is 0 Å². The fourth-order valence-electron chi connectivity index (χ4n) is 5.98. The van der Waals surface area contributed by atoms with Crippen molar-refractivity contribution in [2.45, 2.75) is 55.6 Å². The van der Waals surface area contributed by atoms with E-state index in [1.54, 1.807) is 48.5 Å². The number of methoxy groups -OCH3 is 2. The second-order valence-corrected chi connectivity index (χ2v) is 14.5. The van der Waals surface area contributed by atoms with Crippen molar-refractivity contribution in [3.8, 4) is 11.5 Å². The van der Waals surface area contributed by atoms with Crippen LogP contribution in [0.1, 0.15) is 36.8 Å². The first-order chi connectivity index (χ1) is 23.6. The number of nitrogens with one attached hydrogen (secondary N) is 1. The van der Waals surface area contributed by atoms with Crippen LogP contribution in [0.15, 0.2) is 102 Å². The molecule has 258 valence electrons. The number of benzene rings is 4. The maximum atomic E-state index is 14.8. The molecule has 1 saturated carbocycles. The molecule has 0 aliphatic heterocycles. The lowest BCUT2D eigenvalue weighted by atomic mass is 10.0. The third-order valence-electron chi connectivity index (χ3n) is 8.57. The Labute approximate surface area is 297 Å². The fourth-order valence-corrected chi connectivity index (χ4v) is 7.74. The summed E-state index contributed by atoms with van der Waals surface area (Å²) in [4.78, 5) is 30.4. The van der Waals surface area contributed by atoms with E-state index >= 15 is 0 Å². The first-order valence-electron chi connectivity index (χ1n) is 16.0. The molecule has 1 atom stereocenters. The molecule has 1 fully saturated rings. The van der Waals surface area contributed by atoms with Gasteiger partial charge >= 0.3 is 0 Å². The van der Waals surface area contributed by atoms with Crippen molar-refractivity contribution in [1.82, 2.24) is 10.2 Å². The Hall–Kier alpha value is -4.25. The molecule has 2 amide bonds. The van der Waals surface area contributed by atoms with Gasteiger partial charge in [0.05, 0.1) is 34.8 Å². The van der Waals surface area contributed by atoms with E-state index in [0.717, 1.165) is 35.6 Å². The lowest BCUT2D eigenvalue weighted by molar-refractivity contribution is -0.140. The average molecular weight is 725 g/mol. The number of sulfonamides is 1. The maximum Gasteiger partial charge on any atom is 0.264 e. The largest absolute Gasteiger partial charge is 0.497 e. The van der Waals surface area contributed by atoms with Crippen molar-refractivity contribution in [2.24, 2.45) is 0 Å². The summed E-state index contributed by atoms with van der Waals surface area (Å²) >= 11 is 12.6. The monoisotopic (exact) mass is 723 g/mol. The molecule has 0 saturated heterocycles. The van der Waals surface area contributed by atoms with Gasteiger partial charge in [0.1, 0.15) is 24.1 Å². The number of rotatable bonds is 14. The number of hydrogen-bond donors (Lipinski definition) is 1.